The SMILES string of the molecule is CN1CCCC(NC(=O)C2CCNc3ccccc32)C1. The minimum absolute atomic E-state index is 0.000294. The lowest BCUT2D eigenvalue weighted by molar-refractivity contribution is -0.123. The predicted octanol–water partition coefficient (Wildman–Crippen LogP) is 1.80. The molecule has 2 aliphatic rings. The molecule has 2 atom stereocenters. The molecular weight excluding hydrogens is 250 g/mol. The highest BCUT2D eigenvalue weighted by Gasteiger charge is 2.28. The van der Waals surface area contributed by atoms with Crippen molar-refractivity contribution >= 4 is 11.6 Å². The van der Waals surface area contributed by atoms with Gasteiger partial charge in [-0.3, -0.25) is 4.79 Å². The fourth-order valence-electron chi connectivity index (χ4n) is 3.33. The number of nitrogens with zero attached hydrogens (tertiary/aromatic N) is 1. The van der Waals surface area contributed by atoms with Crippen molar-refractivity contribution < 1.29 is 4.79 Å². The Kier molecular flexibility index (Phi) is 3.92. The second-order valence-corrected chi connectivity index (χ2v) is 5.97. The van der Waals surface area contributed by atoms with Gasteiger partial charge in [-0.25, -0.2) is 0 Å². The number of anilines is 1. The van der Waals surface area contributed by atoms with E-state index in [1.807, 2.05) is 12.1 Å². The maximum atomic E-state index is 12.6. The number of carbonyl (C=O) groups is 1. The van der Waals surface area contributed by atoms with Crippen molar-refractivity contribution in [3.63, 3.8) is 0 Å². The Hall–Kier alpha value is -1.55. The highest BCUT2D eigenvalue weighted by atomic mass is 16.2. The molecule has 0 saturated carbocycles. The number of hydrogen-bond acceptors (Lipinski definition) is 3. The quantitative estimate of drug-likeness (QED) is 0.863. The lowest BCUT2D eigenvalue weighted by Crippen LogP contribution is -2.48. The standard InChI is InChI=1S/C16H23N3O/c1-19-10-4-5-12(11-19)18-16(20)14-8-9-17-15-7-3-2-6-13(14)15/h2-3,6-7,12,14,17H,4-5,8-11H2,1H3,(H,18,20). The van der Waals surface area contributed by atoms with E-state index in [-0.39, 0.29) is 11.8 Å². The molecule has 2 unspecified atom stereocenters. The second-order valence-electron chi connectivity index (χ2n) is 5.97. The van der Waals surface area contributed by atoms with Crippen LogP contribution in [0.2, 0.25) is 0 Å². The summed E-state index contributed by atoms with van der Waals surface area (Å²) in [6.45, 7) is 2.99. The van der Waals surface area contributed by atoms with Crippen LogP contribution in [0.3, 0.4) is 0 Å². The van der Waals surface area contributed by atoms with Gasteiger partial charge >= 0.3 is 0 Å². The molecule has 4 heteroatoms. The van der Waals surface area contributed by atoms with Gasteiger partial charge in [-0.2, -0.15) is 0 Å². The maximum Gasteiger partial charge on any atom is 0.227 e. The van der Waals surface area contributed by atoms with Crippen molar-refractivity contribution in [2.24, 2.45) is 0 Å². The predicted molar refractivity (Wildman–Crippen MR) is 81.0 cm³/mol. The Morgan fingerprint density at radius 1 is 1.35 bits per heavy atom. The summed E-state index contributed by atoms with van der Waals surface area (Å²) in [4.78, 5) is 14.9. The highest BCUT2D eigenvalue weighted by Crippen LogP contribution is 2.31. The molecule has 0 radical (unpaired) electrons. The zero-order valence-corrected chi connectivity index (χ0v) is 12.1. The Bertz CT molecular complexity index is 488. The van der Waals surface area contributed by atoms with Crippen molar-refractivity contribution in [2.45, 2.75) is 31.2 Å². The van der Waals surface area contributed by atoms with Crippen LogP contribution >= 0.6 is 0 Å². The molecule has 0 spiro atoms. The van der Waals surface area contributed by atoms with E-state index in [2.05, 4.69) is 34.7 Å². The number of likely N-dealkylation sites (tertiary alicyclic amines) is 1. The third-order valence-corrected chi connectivity index (χ3v) is 4.37. The van der Waals surface area contributed by atoms with Gasteiger partial charge in [-0.1, -0.05) is 18.2 Å². The van der Waals surface area contributed by atoms with Gasteiger partial charge in [0.15, 0.2) is 0 Å². The Morgan fingerprint density at radius 2 is 2.20 bits per heavy atom. The number of benzene rings is 1. The zero-order chi connectivity index (χ0) is 13.9. The van der Waals surface area contributed by atoms with Gasteiger partial charge in [0.2, 0.25) is 5.91 Å². The van der Waals surface area contributed by atoms with E-state index in [1.54, 1.807) is 0 Å². The summed E-state index contributed by atoms with van der Waals surface area (Å²) in [7, 11) is 2.12. The first kappa shape index (κ1) is 13.4. The number of amides is 1. The molecule has 20 heavy (non-hydrogen) atoms. The van der Waals surface area contributed by atoms with Gasteiger partial charge in [0.1, 0.15) is 0 Å². The van der Waals surface area contributed by atoms with Gasteiger partial charge in [0.25, 0.3) is 0 Å². The van der Waals surface area contributed by atoms with Crippen LogP contribution in [-0.4, -0.2) is 43.5 Å². The largest absolute Gasteiger partial charge is 0.385 e. The first-order chi connectivity index (χ1) is 9.74. The van der Waals surface area contributed by atoms with Crippen LogP contribution in [-0.2, 0) is 4.79 Å². The number of nitrogens with one attached hydrogen (secondary N) is 2. The summed E-state index contributed by atoms with van der Waals surface area (Å²) in [5.74, 6) is 0.193. The molecule has 108 valence electrons. The Labute approximate surface area is 120 Å². The van der Waals surface area contributed by atoms with Crippen LogP contribution in [0.1, 0.15) is 30.7 Å². The molecule has 0 aromatic heterocycles. The molecule has 0 aliphatic carbocycles. The average Bonchev–Trinajstić information content (AvgIpc) is 2.46. The molecule has 0 bridgehead atoms. The van der Waals surface area contributed by atoms with Crippen LogP contribution in [0.5, 0.6) is 0 Å². The number of likely N-dealkylation sites (N-methyl/N-ethyl adjacent to an activating group) is 1. The third kappa shape index (κ3) is 2.80. The Morgan fingerprint density at radius 3 is 3.05 bits per heavy atom. The zero-order valence-electron chi connectivity index (χ0n) is 12.1. The van der Waals surface area contributed by atoms with E-state index in [4.69, 9.17) is 0 Å². The number of hydrogen-bond donors (Lipinski definition) is 2. The fraction of sp³-hybridized carbons (Fsp3) is 0.562. The summed E-state index contributed by atoms with van der Waals surface area (Å²) in [6.07, 6.45) is 3.15. The summed E-state index contributed by atoms with van der Waals surface area (Å²) >= 11 is 0. The molecule has 1 amide bonds. The minimum atomic E-state index is -0.000294. The normalized spacial score (nSPS) is 26.4. The summed E-state index contributed by atoms with van der Waals surface area (Å²) in [5.41, 5.74) is 2.25. The molecular formula is C16H23N3O. The van der Waals surface area contributed by atoms with Crippen LogP contribution in [0, 0.1) is 0 Å². The van der Waals surface area contributed by atoms with Crippen LogP contribution in [0.4, 0.5) is 5.69 Å². The minimum Gasteiger partial charge on any atom is -0.385 e. The van der Waals surface area contributed by atoms with E-state index >= 15 is 0 Å². The van der Waals surface area contributed by atoms with Crippen LogP contribution in [0.25, 0.3) is 0 Å². The fourth-order valence-corrected chi connectivity index (χ4v) is 3.33. The number of fused-ring (bicyclic) bond motifs is 1. The topological polar surface area (TPSA) is 44.4 Å². The van der Waals surface area contributed by atoms with E-state index in [0.717, 1.165) is 43.7 Å². The monoisotopic (exact) mass is 273 g/mol. The van der Waals surface area contributed by atoms with Crippen molar-refractivity contribution in [3.05, 3.63) is 29.8 Å². The lowest BCUT2D eigenvalue weighted by atomic mass is 9.90. The van der Waals surface area contributed by atoms with Gasteiger partial charge in [0, 0.05) is 24.8 Å². The van der Waals surface area contributed by atoms with Crippen LogP contribution in [0.15, 0.2) is 24.3 Å². The smallest absolute Gasteiger partial charge is 0.227 e. The number of para-hydroxylation sites is 1. The molecule has 3 rings (SSSR count). The molecule has 1 saturated heterocycles. The maximum absolute atomic E-state index is 12.6. The van der Waals surface area contributed by atoms with E-state index in [0.29, 0.717) is 6.04 Å². The number of carbonyl (C=O) groups excluding carboxylic acids is 1. The van der Waals surface area contributed by atoms with E-state index < -0.39 is 0 Å². The van der Waals surface area contributed by atoms with E-state index in [9.17, 15) is 4.79 Å². The second kappa shape index (κ2) is 5.83. The molecule has 2 N–H and O–H groups in total. The molecule has 2 aliphatic heterocycles. The van der Waals surface area contributed by atoms with Crippen molar-refractivity contribution in [3.8, 4) is 0 Å². The lowest BCUT2D eigenvalue weighted by Gasteiger charge is -2.32. The Balaban J connectivity index is 1.69. The third-order valence-electron chi connectivity index (χ3n) is 4.37. The summed E-state index contributed by atoms with van der Waals surface area (Å²) in [6, 6.07) is 8.47. The van der Waals surface area contributed by atoms with Gasteiger partial charge < -0.3 is 15.5 Å². The van der Waals surface area contributed by atoms with E-state index in [1.165, 1.54) is 6.42 Å². The molecule has 1 aromatic rings. The van der Waals surface area contributed by atoms with Gasteiger partial charge in [-0.15, -0.1) is 0 Å². The highest BCUT2D eigenvalue weighted by molar-refractivity contribution is 5.86. The molecule has 4 nitrogen and oxygen atoms in total. The molecule has 1 fully saturated rings. The molecule has 2 heterocycles. The number of piperidine rings is 1. The summed E-state index contributed by atoms with van der Waals surface area (Å²) < 4.78 is 0. The van der Waals surface area contributed by atoms with Crippen molar-refractivity contribution in [2.75, 3.05) is 32.0 Å². The number of rotatable bonds is 2. The summed E-state index contributed by atoms with van der Waals surface area (Å²) in [5, 5.41) is 6.62. The first-order valence-electron chi connectivity index (χ1n) is 7.56. The van der Waals surface area contributed by atoms with Crippen LogP contribution < -0.4 is 10.6 Å². The first-order valence-corrected chi connectivity index (χ1v) is 7.56. The average molecular weight is 273 g/mol. The van der Waals surface area contributed by atoms with Gasteiger partial charge in [-0.05, 0) is 44.5 Å². The van der Waals surface area contributed by atoms with Crippen molar-refractivity contribution in [1.29, 1.82) is 0 Å². The van der Waals surface area contributed by atoms with Crippen molar-refractivity contribution in [1.82, 2.24) is 10.2 Å². The van der Waals surface area contributed by atoms with Gasteiger partial charge in [0.05, 0.1) is 5.92 Å². The molecule has 1 aromatic carbocycles.